The first-order valence-corrected chi connectivity index (χ1v) is 13.7. The molecular weight excluding hydrogens is 462 g/mol. The molecule has 200 valence electrons. The number of ether oxygens (including phenoxy) is 2. The van der Waals surface area contributed by atoms with E-state index in [0.29, 0.717) is 37.4 Å². The zero-order valence-electron chi connectivity index (χ0n) is 23.8. The van der Waals surface area contributed by atoms with Crippen molar-refractivity contribution >= 4 is 11.6 Å². The van der Waals surface area contributed by atoms with Gasteiger partial charge in [0.1, 0.15) is 0 Å². The molecule has 37 heavy (non-hydrogen) atoms. The van der Waals surface area contributed by atoms with Gasteiger partial charge in [0.15, 0.2) is 23.1 Å². The summed E-state index contributed by atoms with van der Waals surface area (Å²) < 4.78 is 11.8. The first-order chi connectivity index (χ1) is 17.5. The van der Waals surface area contributed by atoms with Crippen molar-refractivity contribution in [2.24, 2.45) is 10.8 Å². The molecule has 1 aromatic carbocycles. The van der Waals surface area contributed by atoms with E-state index in [4.69, 9.17) is 9.47 Å². The van der Waals surface area contributed by atoms with Crippen LogP contribution in [0, 0.1) is 10.8 Å². The molecule has 0 radical (unpaired) electrons. The number of hydrogen-bond donors (Lipinski definition) is 0. The highest BCUT2D eigenvalue weighted by atomic mass is 16.5. The monoisotopic (exact) mass is 505 g/mol. The molecule has 1 heterocycles. The van der Waals surface area contributed by atoms with Gasteiger partial charge in [-0.1, -0.05) is 46.8 Å². The van der Waals surface area contributed by atoms with Gasteiger partial charge in [0.25, 0.3) is 0 Å². The summed E-state index contributed by atoms with van der Waals surface area (Å²) in [6.45, 7) is 18.1. The fourth-order valence-corrected chi connectivity index (χ4v) is 6.53. The lowest BCUT2D eigenvalue weighted by Crippen LogP contribution is -2.44. The molecule has 0 amide bonds. The lowest BCUT2D eigenvalue weighted by Gasteiger charge is -2.49. The highest BCUT2D eigenvalue weighted by molar-refractivity contribution is 6.06. The second-order valence-electron chi connectivity index (χ2n) is 12.3. The Balaban J connectivity index is 2.04. The van der Waals surface area contributed by atoms with Crippen LogP contribution < -0.4 is 9.47 Å². The summed E-state index contributed by atoms with van der Waals surface area (Å²) in [4.78, 5) is 30.2. The van der Waals surface area contributed by atoms with E-state index in [9.17, 15) is 9.59 Å². The number of benzene rings is 1. The Morgan fingerprint density at radius 3 is 2.00 bits per heavy atom. The van der Waals surface area contributed by atoms with Gasteiger partial charge in [-0.15, -0.1) is 6.58 Å². The molecule has 1 aliphatic heterocycles. The van der Waals surface area contributed by atoms with Crippen LogP contribution >= 0.6 is 0 Å². The average molecular weight is 506 g/mol. The second-order valence-corrected chi connectivity index (χ2v) is 12.3. The maximum Gasteiger partial charge on any atom is 0.164 e. The van der Waals surface area contributed by atoms with Crippen LogP contribution in [0.4, 0.5) is 0 Å². The van der Waals surface area contributed by atoms with E-state index in [-0.39, 0.29) is 28.3 Å². The smallest absolute Gasteiger partial charge is 0.164 e. The van der Waals surface area contributed by atoms with Crippen molar-refractivity contribution in [3.05, 3.63) is 58.5 Å². The van der Waals surface area contributed by atoms with E-state index in [1.54, 1.807) is 7.11 Å². The van der Waals surface area contributed by atoms with Crippen molar-refractivity contribution < 1.29 is 19.1 Å². The predicted octanol–water partition coefficient (Wildman–Crippen LogP) is 6.92. The van der Waals surface area contributed by atoms with E-state index in [1.165, 1.54) is 0 Å². The van der Waals surface area contributed by atoms with Gasteiger partial charge in [0.2, 0.25) is 0 Å². The molecule has 0 bridgehead atoms. The molecule has 0 spiro atoms. The molecule has 0 saturated heterocycles. The fraction of sp³-hybridized carbons (Fsp3) is 0.562. The summed E-state index contributed by atoms with van der Waals surface area (Å²) in [5.41, 5.74) is 5.46. The molecule has 3 aliphatic rings. The molecule has 1 aromatic rings. The lowest BCUT2D eigenvalue weighted by molar-refractivity contribution is -0.119. The zero-order valence-corrected chi connectivity index (χ0v) is 23.8. The number of nitrogens with zero attached hydrogens (tertiary/aromatic N) is 1. The van der Waals surface area contributed by atoms with Crippen molar-refractivity contribution in [3.63, 3.8) is 0 Å². The molecule has 0 saturated carbocycles. The summed E-state index contributed by atoms with van der Waals surface area (Å²) in [7, 11) is 1.65. The molecule has 0 N–H and O–H groups in total. The van der Waals surface area contributed by atoms with Crippen LogP contribution in [0.2, 0.25) is 0 Å². The highest BCUT2D eigenvalue weighted by Crippen LogP contribution is 2.55. The number of rotatable bonds is 8. The third-order valence-corrected chi connectivity index (χ3v) is 7.82. The van der Waals surface area contributed by atoms with Gasteiger partial charge in [-0.3, -0.25) is 9.59 Å². The third-order valence-electron chi connectivity index (χ3n) is 7.82. The highest BCUT2D eigenvalue weighted by Gasteiger charge is 2.49. The molecule has 0 fully saturated rings. The van der Waals surface area contributed by atoms with Gasteiger partial charge in [-0.2, -0.15) is 0 Å². The van der Waals surface area contributed by atoms with Crippen LogP contribution in [0.25, 0.3) is 0 Å². The lowest BCUT2D eigenvalue weighted by atomic mass is 9.63. The minimum absolute atomic E-state index is 0.122. The molecule has 5 nitrogen and oxygen atoms in total. The van der Waals surface area contributed by atoms with Crippen molar-refractivity contribution in [1.82, 2.24) is 4.90 Å². The predicted molar refractivity (Wildman–Crippen MR) is 148 cm³/mol. The molecule has 5 heteroatoms. The molecule has 2 aliphatic carbocycles. The maximum atomic E-state index is 13.9. The quantitative estimate of drug-likeness (QED) is 0.359. The number of ketones is 2. The fourth-order valence-electron chi connectivity index (χ4n) is 6.53. The SMILES string of the molecule is C=CCc1cc(C2C3=C(CC(C)(C)CC3=O)N(CCC)C3=C2C(=O)CC(C)(C)C3)cc(OCC)c1OC. The van der Waals surface area contributed by atoms with Crippen molar-refractivity contribution in [2.75, 3.05) is 20.3 Å². The average Bonchev–Trinajstić information content (AvgIpc) is 2.78. The third kappa shape index (κ3) is 5.02. The van der Waals surface area contributed by atoms with Gasteiger partial charge >= 0.3 is 0 Å². The number of hydrogen-bond acceptors (Lipinski definition) is 5. The maximum absolute atomic E-state index is 13.9. The number of methoxy groups -OCH3 is 1. The number of carbonyl (C=O) groups is 2. The van der Waals surface area contributed by atoms with Gasteiger partial charge < -0.3 is 14.4 Å². The van der Waals surface area contributed by atoms with E-state index < -0.39 is 0 Å². The standard InChI is InChI=1S/C32H43NO4/c1-9-12-20-14-21(15-26(37-11-3)30(20)36-8)27-28-22(16-31(4,5)18-24(28)34)33(13-10-2)23-17-32(6,7)19-25(35)29(23)27/h9,14-15,27H,1,10-13,16-19H2,2-8H3. The van der Waals surface area contributed by atoms with Crippen LogP contribution in [-0.4, -0.2) is 36.7 Å². The van der Waals surface area contributed by atoms with Gasteiger partial charge in [-0.25, -0.2) is 0 Å². The van der Waals surface area contributed by atoms with Crippen LogP contribution in [0.3, 0.4) is 0 Å². The second kappa shape index (κ2) is 10.2. The summed E-state index contributed by atoms with van der Waals surface area (Å²) in [6, 6.07) is 4.09. The molecule has 4 rings (SSSR count). The van der Waals surface area contributed by atoms with E-state index in [0.717, 1.165) is 59.5 Å². The Morgan fingerprint density at radius 2 is 1.54 bits per heavy atom. The first-order valence-electron chi connectivity index (χ1n) is 13.7. The summed E-state index contributed by atoms with van der Waals surface area (Å²) in [6.07, 6.45) is 6.01. The van der Waals surface area contributed by atoms with Crippen LogP contribution in [0.5, 0.6) is 11.5 Å². The van der Waals surface area contributed by atoms with Gasteiger partial charge in [-0.05, 0) is 55.1 Å². The molecule has 0 aromatic heterocycles. The zero-order chi connectivity index (χ0) is 27.1. The van der Waals surface area contributed by atoms with Crippen LogP contribution in [-0.2, 0) is 16.0 Å². The summed E-state index contributed by atoms with van der Waals surface area (Å²) in [5.74, 6) is 1.25. The van der Waals surface area contributed by atoms with E-state index in [1.807, 2.05) is 19.1 Å². The van der Waals surface area contributed by atoms with Crippen molar-refractivity contribution in [1.29, 1.82) is 0 Å². The summed E-state index contributed by atoms with van der Waals surface area (Å²) >= 11 is 0. The minimum Gasteiger partial charge on any atom is -0.493 e. The Labute approximate surface area is 222 Å². The molecule has 0 atom stereocenters. The van der Waals surface area contributed by atoms with Crippen molar-refractivity contribution in [2.45, 2.75) is 86.0 Å². The normalized spacial score (nSPS) is 21.1. The molecule has 0 unspecified atom stereocenters. The topological polar surface area (TPSA) is 55.8 Å². The minimum atomic E-state index is -0.390. The largest absolute Gasteiger partial charge is 0.493 e. The van der Waals surface area contributed by atoms with Crippen LogP contribution in [0.15, 0.2) is 47.3 Å². The first kappa shape index (κ1) is 27.2. The number of carbonyl (C=O) groups excluding carboxylic acids is 2. The Bertz CT molecular complexity index is 1130. The van der Waals surface area contributed by atoms with Gasteiger partial charge in [0.05, 0.1) is 13.7 Å². The Hall–Kier alpha value is -2.82. The number of allylic oxidation sites excluding steroid dienone is 5. The van der Waals surface area contributed by atoms with Crippen LogP contribution in [0.1, 0.15) is 90.7 Å². The summed E-state index contributed by atoms with van der Waals surface area (Å²) in [5, 5.41) is 0. The van der Waals surface area contributed by atoms with E-state index >= 15 is 0 Å². The Kier molecular flexibility index (Phi) is 7.47. The van der Waals surface area contributed by atoms with Crippen molar-refractivity contribution in [3.8, 4) is 11.5 Å². The van der Waals surface area contributed by atoms with E-state index in [2.05, 4.69) is 52.2 Å². The number of Topliss-reactive ketones (excluding diaryl/α,β-unsaturated/α-hetero) is 2. The van der Waals surface area contributed by atoms with Gasteiger partial charge in [0, 0.05) is 53.4 Å². The molecular formula is C32H43NO4. The Morgan fingerprint density at radius 1 is 0.973 bits per heavy atom.